The molecule has 2 aromatic carbocycles. The lowest BCUT2D eigenvalue weighted by Crippen LogP contribution is -2.47. The Morgan fingerprint density at radius 2 is 1.45 bits per heavy atom. The summed E-state index contributed by atoms with van der Waals surface area (Å²) in [5.74, 6) is -0.415. The summed E-state index contributed by atoms with van der Waals surface area (Å²) in [6, 6.07) is 14.5. The lowest BCUT2D eigenvalue weighted by atomic mass is 9.99. The summed E-state index contributed by atoms with van der Waals surface area (Å²) < 4.78 is 0. The minimum absolute atomic E-state index is 0.202. The first-order valence-electron chi connectivity index (χ1n) is 10.1. The number of rotatable bonds is 3. The Labute approximate surface area is 172 Å². The van der Waals surface area contributed by atoms with Crippen LogP contribution in [0.15, 0.2) is 48.2 Å². The van der Waals surface area contributed by atoms with Gasteiger partial charge in [0.25, 0.3) is 11.8 Å². The SMILES string of the molecule is Cc1cccc(N2CCN(C3=C(c4ccc(C)c(C)c4)C(=O)N(C)C3=O)CC2)c1. The first-order valence-corrected chi connectivity index (χ1v) is 10.1. The molecular formula is C24H27N3O2. The third kappa shape index (κ3) is 3.41. The molecule has 0 radical (unpaired) electrons. The van der Waals surface area contributed by atoms with Crippen molar-refractivity contribution >= 4 is 23.1 Å². The predicted molar refractivity (Wildman–Crippen MR) is 116 cm³/mol. The van der Waals surface area contributed by atoms with Crippen LogP contribution in [0, 0.1) is 20.8 Å². The quantitative estimate of drug-likeness (QED) is 0.757. The second-order valence-corrected chi connectivity index (χ2v) is 8.01. The number of aryl methyl sites for hydroxylation is 3. The van der Waals surface area contributed by atoms with Gasteiger partial charge in [-0.2, -0.15) is 0 Å². The number of carbonyl (C=O) groups is 2. The average molecular weight is 389 g/mol. The predicted octanol–water partition coefficient (Wildman–Crippen LogP) is 3.14. The van der Waals surface area contributed by atoms with Crippen LogP contribution in [0.2, 0.25) is 0 Å². The molecule has 0 N–H and O–H groups in total. The Bertz CT molecular complexity index is 1020. The van der Waals surface area contributed by atoms with Gasteiger partial charge in [-0.1, -0.05) is 30.3 Å². The summed E-state index contributed by atoms with van der Waals surface area (Å²) >= 11 is 0. The summed E-state index contributed by atoms with van der Waals surface area (Å²) in [7, 11) is 1.57. The lowest BCUT2D eigenvalue weighted by Gasteiger charge is -2.37. The third-order valence-electron chi connectivity index (χ3n) is 6.02. The van der Waals surface area contributed by atoms with Crippen molar-refractivity contribution in [1.82, 2.24) is 9.80 Å². The number of piperazine rings is 1. The van der Waals surface area contributed by atoms with E-state index < -0.39 is 0 Å². The molecule has 0 atom stereocenters. The van der Waals surface area contributed by atoms with Gasteiger partial charge >= 0.3 is 0 Å². The summed E-state index contributed by atoms with van der Waals surface area (Å²) in [5, 5.41) is 0. The zero-order chi connectivity index (χ0) is 20.7. The van der Waals surface area contributed by atoms with E-state index in [4.69, 9.17) is 0 Å². The van der Waals surface area contributed by atoms with Gasteiger partial charge in [0.15, 0.2) is 0 Å². The molecule has 0 aliphatic carbocycles. The zero-order valence-electron chi connectivity index (χ0n) is 17.5. The van der Waals surface area contributed by atoms with Gasteiger partial charge in [-0.3, -0.25) is 14.5 Å². The molecule has 5 heteroatoms. The van der Waals surface area contributed by atoms with E-state index in [1.165, 1.54) is 21.7 Å². The standard InChI is InChI=1S/C24H27N3O2/c1-16-6-5-7-20(14-16)26-10-12-27(13-11-26)22-21(23(28)25(4)24(22)29)19-9-8-17(2)18(3)15-19/h5-9,14-15H,10-13H2,1-4H3. The lowest BCUT2D eigenvalue weighted by molar-refractivity contribution is -0.135. The molecule has 0 spiro atoms. The number of likely N-dealkylation sites (N-methyl/N-ethyl adjacent to an activating group) is 1. The molecule has 0 aromatic heterocycles. The number of benzene rings is 2. The first-order chi connectivity index (χ1) is 13.9. The van der Waals surface area contributed by atoms with E-state index in [2.05, 4.69) is 41.0 Å². The number of amides is 2. The Morgan fingerprint density at radius 1 is 0.759 bits per heavy atom. The Hall–Kier alpha value is -3.08. The molecular weight excluding hydrogens is 362 g/mol. The van der Waals surface area contributed by atoms with E-state index in [9.17, 15) is 9.59 Å². The van der Waals surface area contributed by atoms with E-state index in [0.717, 1.165) is 24.2 Å². The van der Waals surface area contributed by atoms with Crippen molar-refractivity contribution in [2.75, 3.05) is 38.1 Å². The van der Waals surface area contributed by atoms with Crippen LogP contribution in [0.25, 0.3) is 5.57 Å². The molecule has 150 valence electrons. The Kier molecular flexibility index (Phi) is 4.91. The highest BCUT2D eigenvalue weighted by molar-refractivity contribution is 6.35. The second-order valence-electron chi connectivity index (χ2n) is 8.01. The third-order valence-corrected chi connectivity index (χ3v) is 6.02. The van der Waals surface area contributed by atoms with Gasteiger partial charge in [0.05, 0.1) is 5.57 Å². The van der Waals surface area contributed by atoms with Gasteiger partial charge in [0.2, 0.25) is 0 Å². The smallest absolute Gasteiger partial charge is 0.277 e. The minimum atomic E-state index is -0.214. The van der Waals surface area contributed by atoms with Crippen molar-refractivity contribution < 1.29 is 9.59 Å². The maximum Gasteiger partial charge on any atom is 0.277 e. The summed E-state index contributed by atoms with van der Waals surface area (Å²) in [6.07, 6.45) is 0. The zero-order valence-corrected chi connectivity index (χ0v) is 17.5. The van der Waals surface area contributed by atoms with Crippen LogP contribution in [0.1, 0.15) is 22.3 Å². The van der Waals surface area contributed by atoms with Gasteiger partial charge < -0.3 is 9.80 Å². The van der Waals surface area contributed by atoms with E-state index in [1.54, 1.807) is 7.05 Å². The number of imide groups is 1. The molecule has 2 aliphatic rings. The van der Waals surface area contributed by atoms with Crippen LogP contribution in [-0.2, 0) is 9.59 Å². The summed E-state index contributed by atoms with van der Waals surface area (Å²) in [4.78, 5) is 31.5. The Morgan fingerprint density at radius 3 is 2.10 bits per heavy atom. The average Bonchev–Trinajstić information content (AvgIpc) is 2.94. The Balaban J connectivity index is 1.64. The summed E-state index contributed by atoms with van der Waals surface area (Å²) in [6.45, 7) is 9.24. The van der Waals surface area contributed by atoms with Gasteiger partial charge in [0.1, 0.15) is 5.70 Å². The monoisotopic (exact) mass is 389 g/mol. The first kappa shape index (κ1) is 19.2. The van der Waals surface area contributed by atoms with Gasteiger partial charge in [0, 0.05) is 38.9 Å². The largest absolute Gasteiger partial charge is 0.368 e. The molecule has 2 amide bonds. The van der Waals surface area contributed by atoms with Crippen molar-refractivity contribution in [2.45, 2.75) is 20.8 Å². The van der Waals surface area contributed by atoms with Crippen LogP contribution < -0.4 is 4.90 Å². The highest BCUT2D eigenvalue weighted by Crippen LogP contribution is 2.32. The van der Waals surface area contributed by atoms with Crippen molar-refractivity contribution in [3.63, 3.8) is 0 Å². The highest BCUT2D eigenvalue weighted by Gasteiger charge is 2.40. The molecule has 1 saturated heterocycles. The summed E-state index contributed by atoms with van der Waals surface area (Å²) in [5.41, 5.74) is 6.64. The van der Waals surface area contributed by atoms with Crippen LogP contribution >= 0.6 is 0 Å². The van der Waals surface area contributed by atoms with Crippen LogP contribution in [0.5, 0.6) is 0 Å². The van der Waals surface area contributed by atoms with E-state index in [0.29, 0.717) is 24.4 Å². The molecule has 2 aromatic rings. The van der Waals surface area contributed by atoms with Crippen molar-refractivity contribution in [1.29, 1.82) is 0 Å². The van der Waals surface area contributed by atoms with E-state index >= 15 is 0 Å². The fraction of sp³-hybridized carbons (Fsp3) is 0.333. The topological polar surface area (TPSA) is 43.9 Å². The van der Waals surface area contributed by atoms with Crippen LogP contribution in [0.4, 0.5) is 5.69 Å². The normalized spacial score (nSPS) is 17.6. The number of hydrogen-bond donors (Lipinski definition) is 0. The number of hydrogen-bond acceptors (Lipinski definition) is 4. The fourth-order valence-corrected chi connectivity index (χ4v) is 4.09. The minimum Gasteiger partial charge on any atom is -0.368 e. The maximum absolute atomic E-state index is 12.9. The van der Waals surface area contributed by atoms with Crippen LogP contribution in [-0.4, -0.2) is 54.8 Å². The molecule has 2 aliphatic heterocycles. The molecule has 0 saturated carbocycles. The number of carbonyl (C=O) groups excluding carboxylic acids is 2. The van der Waals surface area contributed by atoms with Crippen molar-refractivity contribution in [3.8, 4) is 0 Å². The molecule has 2 heterocycles. The number of anilines is 1. The van der Waals surface area contributed by atoms with Gasteiger partial charge in [-0.15, -0.1) is 0 Å². The van der Waals surface area contributed by atoms with Gasteiger partial charge in [-0.05, 0) is 55.2 Å². The maximum atomic E-state index is 12.9. The van der Waals surface area contributed by atoms with Crippen molar-refractivity contribution in [3.05, 3.63) is 70.4 Å². The second kappa shape index (κ2) is 7.39. The molecule has 4 rings (SSSR count). The van der Waals surface area contributed by atoms with Gasteiger partial charge in [-0.25, -0.2) is 0 Å². The molecule has 0 unspecified atom stereocenters. The molecule has 0 bridgehead atoms. The fourth-order valence-electron chi connectivity index (χ4n) is 4.09. The molecule has 1 fully saturated rings. The molecule has 5 nitrogen and oxygen atoms in total. The van der Waals surface area contributed by atoms with E-state index in [-0.39, 0.29) is 11.8 Å². The van der Waals surface area contributed by atoms with Crippen LogP contribution in [0.3, 0.4) is 0 Å². The number of nitrogens with zero attached hydrogens (tertiary/aromatic N) is 3. The highest BCUT2D eigenvalue weighted by atomic mass is 16.2. The van der Waals surface area contributed by atoms with Crippen molar-refractivity contribution in [2.24, 2.45) is 0 Å². The molecule has 29 heavy (non-hydrogen) atoms. The van der Waals surface area contributed by atoms with E-state index in [1.807, 2.05) is 32.0 Å².